The molecular weight excluding hydrogens is 649 g/mol. The molecule has 282 valence electrons. The van der Waals surface area contributed by atoms with E-state index in [2.05, 4.69) is 114 Å². The first-order valence-corrected chi connectivity index (χ1v) is 21.3. The number of hydrogen-bond donors (Lipinski definition) is 0. The van der Waals surface area contributed by atoms with Crippen LogP contribution in [-0.4, -0.2) is 13.5 Å². The molecule has 4 heteroatoms. The Balaban J connectivity index is 1.04. The maximum absolute atomic E-state index is 6.36. The average Bonchev–Trinajstić information content (AvgIpc) is 3.22. The summed E-state index contributed by atoms with van der Waals surface area (Å²) >= 11 is 0. The van der Waals surface area contributed by atoms with E-state index >= 15 is 0 Å². The fourth-order valence-electron chi connectivity index (χ4n) is 9.47. The molecule has 2 aliphatic heterocycles. The van der Waals surface area contributed by atoms with Gasteiger partial charge in [-0.1, -0.05) is 158 Å². The zero-order valence-electron chi connectivity index (χ0n) is 32.6. The smallest absolute Gasteiger partial charge is 0.161 e. The van der Waals surface area contributed by atoms with Crippen molar-refractivity contribution in [1.82, 2.24) is 0 Å². The molecule has 1 fully saturated rings. The first-order chi connectivity index (χ1) is 26.2. The number of anilines is 2. The first-order valence-electron chi connectivity index (χ1n) is 21.3. The second-order valence-corrected chi connectivity index (χ2v) is 16.3. The van der Waals surface area contributed by atoms with Gasteiger partial charge in [0.15, 0.2) is 13.5 Å². The molecule has 0 saturated heterocycles. The zero-order chi connectivity index (χ0) is 36.1. The van der Waals surface area contributed by atoms with E-state index in [0.29, 0.717) is 13.5 Å². The Bertz CT molecular complexity index is 1590. The largest absolute Gasteiger partial charge is 0.473 e. The highest BCUT2D eigenvalue weighted by Gasteiger charge is 2.40. The van der Waals surface area contributed by atoms with Gasteiger partial charge in [-0.2, -0.15) is 0 Å². The van der Waals surface area contributed by atoms with Gasteiger partial charge in [-0.15, -0.1) is 0 Å². The molecule has 0 amide bonds. The van der Waals surface area contributed by atoms with E-state index in [0.717, 1.165) is 30.5 Å². The number of rotatable bonds is 18. The van der Waals surface area contributed by atoms with Crippen LogP contribution in [0.4, 0.5) is 11.4 Å². The summed E-state index contributed by atoms with van der Waals surface area (Å²) in [5.74, 6) is 2.82. The summed E-state index contributed by atoms with van der Waals surface area (Å²) in [6, 6.07) is 35.8. The second-order valence-electron chi connectivity index (χ2n) is 16.3. The van der Waals surface area contributed by atoms with E-state index in [4.69, 9.17) is 9.47 Å². The number of ether oxygens (including phenoxy) is 2. The molecule has 4 aromatic carbocycles. The van der Waals surface area contributed by atoms with E-state index in [1.54, 1.807) is 0 Å². The normalized spacial score (nSPS) is 17.8. The van der Waals surface area contributed by atoms with Gasteiger partial charge in [0.05, 0.1) is 0 Å². The van der Waals surface area contributed by atoms with E-state index in [9.17, 15) is 0 Å². The molecule has 1 aliphatic carbocycles. The lowest BCUT2D eigenvalue weighted by molar-refractivity contribution is 0.239. The topological polar surface area (TPSA) is 24.9 Å². The second kappa shape index (κ2) is 18.9. The molecule has 53 heavy (non-hydrogen) atoms. The summed E-state index contributed by atoms with van der Waals surface area (Å²) in [4.78, 5) is 4.71. The molecule has 1 unspecified atom stereocenters. The summed E-state index contributed by atoms with van der Waals surface area (Å²) < 4.78 is 12.7. The third-order valence-corrected chi connectivity index (χ3v) is 12.5. The van der Waals surface area contributed by atoms with Crippen LogP contribution in [0.15, 0.2) is 97.1 Å². The summed E-state index contributed by atoms with van der Waals surface area (Å²) in [6.45, 7) is 5.22. The molecule has 0 bridgehead atoms. The number of hydrogen-bond acceptors (Lipinski definition) is 4. The Morgan fingerprint density at radius 2 is 1.04 bits per heavy atom. The highest BCUT2D eigenvalue weighted by molar-refractivity contribution is 5.55. The molecule has 7 rings (SSSR count). The van der Waals surface area contributed by atoms with Crippen molar-refractivity contribution in [3.05, 3.63) is 119 Å². The quantitative estimate of drug-likeness (QED) is 0.0959. The van der Waals surface area contributed by atoms with Crippen LogP contribution in [0.1, 0.15) is 145 Å². The highest BCUT2D eigenvalue weighted by Crippen LogP contribution is 2.50. The van der Waals surface area contributed by atoms with Crippen LogP contribution in [0.3, 0.4) is 0 Å². The van der Waals surface area contributed by atoms with Crippen LogP contribution in [0.2, 0.25) is 0 Å². The van der Waals surface area contributed by atoms with Crippen LogP contribution in [0.5, 0.6) is 11.5 Å². The molecule has 1 atom stereocenters. The standard InChI is InChI=1S/C49H64N2O2/c1-2-3-4-5-6-7-8-9-10-11-12-13-16-22-40-23-21-32-49(35-40,43-28-30-47-41(33-43)36-50(38-52-47)45-24-17-14-18-25-45)44-29-31-48-42(34-44)37-51(39-53-48)46-26-19-15-20-27-46/h14-15,17-20,24-31,33-34,40H,2-13,16,21-23,32,35-39H2,1H3. The molecule has 0 spiro atoms. The summed E-state index contributed by atoms with van der Waals surface area (Å²) in [7, 11) is 0. The highest BCUT2D eigenvalue weighted by atomic mass is 16.5. The van der Waals surface area contributed by atoms with Gasteiger partial charge in [-0.05, 0) is 78.4 Å². The van der Waals surface area contributed by atoms with Crippen molar-refractivity contribution in [3.8, 4) is 11.5 Å². The van der Waals surface area contributed by atoms with E-state index in [-0.39, 0.29) is 5.41 Å². The number of fused-ring (bicyclic) bond motifs is 2. The lowest BCUT2D eigenvalue weighted by Gasteiger charge is -2.43. The maximum Gasteiger partial charge on any atom is 0.161 e. The van der Waals surface area contributed by atoms with Crippen molar-refractivity contribution in [3.63, 3.8) is 0 Å². The Labute approximate surface area is 320 Å². The van der Waals surface area contributed by atoms with Gasteiger partial charge in [0, 0.05) is 41.0 Å². The van der Waals surface area contributed by atoms with Gasteiger partial charge in [0.25, 0.3) is 0 Å². The van der Waals surface area contributed by atoms with Crippen LogP contribution in [0.25, 0.3) is 0 Å². The Hall–Kier alpha value is -3.92. The van der Waals surface area contributed by atoms with Gasteiger partial charge in [0.1, 0.15) is 11.5 Å². The van der Waals surface area contributed by atoms with Crippen LogP contribution in [0, 0.1) is 5.92 Å². The molecule has 0 aromatic heterocycles. The number of para-hydroxylation sites is 2. The van der Waals surface area contributed by atoms with Crippen molar-refractivity contribution < 1.29 is 9.47 Å². The third-order valence-electron chi connectivity index (χ3n) is 12.5. The SMILES string of the molecule is CCCCCCCCCCCCCCCC1CCCC(c2ccc3c(c2)CN(c2ccccc2)CO3)(c2ccc3c(c2)CN(c2ccccc2)CO3)C1. The summed E-state index contributed by atoms with van der Waals surface area (Å²) in [6.07, 6.45) is 24.8. The average molecular weight is 713 g/mol. The van der Waals surface area contributed by atoms with Crippen LogP contribution in [-0.2, 0) is 18.5 Å². The van der Waals surface area contributed by atoms with Crippen molar-refractivity contribution in [1.29, 1.82) is 0 Å². The zero-order valence-corrected chi connectivity index (χ0v) is 32.6. The lowest BCUT2D eigenvalue weighted by Crippen LogP contribution is -2.36. The minimum Gasteiger partial charge on any atom is -0.473 e. The van der Waals surface area contributed by atoms with Gasteiger partial charge in [-0.3, -0.25) is 0 Å². The van der Waals surface area contributed by atoms with Crippen LogP contribution < -0.4 is 19.3 Å². The fourth-order valence-corrected chi connectivity index (χ4v) is 9.47. The van der Waals surface area contributed by atoms with Crippen LogP contribution >= 0.6 is 0 Å². The summed E-state index contributed by atoms with van der Waals surface area (Å²) in [5, 5.41) is 0. The minimum absolute atomic E-state index is 0.0203. The van der Waals surface area contributed by atoms with Gasteiger partial charge < -0.3 is 19.3 Å². The monoisotopic (exact) mass is 712 g/mol. The Morgan fingerprint density at radius 1 is 0.566 bits per heavy atom. The van der Waals surface area contributed by atoms with Crippen molar-refractivity contribution >= 4 is 11.4 Å². The van der Waals surface area contributed by atoms with Crippen molar-refractivity contribution in [2.75, 3.05) is 23.3 Å². The van der Waals surface area contributed by atoms with Gasteiger partial charge in [0.2, 0.25) is 0 Å². The summed E-state index contributed by atoms with van der Waals surface area (Å²) in [5.41, 5.74) is 7.92. The molecular formula is C49H64N2O2. The fraction of sp³-hybridized carbons (Fsp3) is 0.510. The van der Waals surface area contributed by atoms with Gasteiger partial charge >= 0.3 is 0 Å². The Morgan fingerprint density at radius 3 is 1.53 bits per heavy atom. The van der Waals surface area contributed by atoms with Gasteiger partial charge in [-0.25, -0.2) is 0 Å². The minimum atomic E-state index is -0.0203. The van der Waals surface area contributed by atoms with E-state index < -0.39 is 0 Å². The predicted octanol–water partition coefficient (Wildman–Crippen LogP) is 13.4. The number of unbranched alkanes of at least 4 members (excludes halogenated alkanes) is 12. The third kappa shape index (κ3) is 9.61. The molecule has 0 radical (unpaired) electrons. The molecule has 0 N–H and O–H groups in total. The van der Waals surface area contributed by atoms with E-state index in [1.165, 1.54) is 149 Å². The lowest BCUT2D eigenvalue weighted by atomic mass is 9.61. The first kappa shape index (κ1) is 37.4. The predicted molar refractivity (Wildman–Crippen MR) is 222 cm³/mol. The van der Waals surface area contributed by atoms with Crippen molar-refractivity contribution in [2.24, 2.45) is 5.92 Å². The number of nitrogens with zero attached hydrogens (tertiary/aromatic N) is 2. The Kier molecular flexibility index (Phi) is 13.3. The maximum atomic E-state index is 6.36. The molecule has 4 nitrogen and oxygen atoms in total. The number of benzene rings is 4. The van der Waals surface area contributed by atoms with Crippen molar-refractivity contribution in [2.45, 2.75) is 141 Å². The molecule has 3 aliphatic rings. The molecule has 1 saturated carbocycles. The molecule has 2 heterocycles. The molecule has 4 aromatic rings. The van der Waals surface area contributed by atoms with E-state index in [1.807, 2.05) is 0 Å².